The van der Waals surface area contributed by atoms with E-state index in [-0.39, 0.29) is 13.1 Å². The molecule has 6 N–H and O–H groups in total. The van der Waals surface area contributed by atoms with Gasteiger partial charge in [-0.25, -0.2) is 0 Å². The molecule has 0 aliphatic heterocycles. The number of nitrogens with zero attached hydrogens (tertiary/aromatic N) is 1. The highest BCUT2D eigenvalue weighted by Crippen LogP contribution is 1.89. The van der Waals surface area contributed by atoms with Crippen LogP contribution >= 0.6 is 0 Å². The summed E-state index contributed by atoms with van der Waals surface area (Å²) in [6.45, 7) is 1.16. The molecule has 0 spiro atoms. The van der Waals surface area contributed by atoms with Crippen molar-refractivity contribution >= 4 is 11.8 Å². The zero-order valence-corrected chi connectivity index (χ0v) is 7.53. The topological polar surface area (TPSA) is 115 Å². The summed E-state index contributed by atoms with van der Waals surface area (Å²) in [5.74, 6) is -0.948. The second-order valence-electron chi connectivity index (χ2n) is 2.79. The lowest BCUT2D eigenvalue weighted by Gasteiger charge is -2.17. The highest BCUT2D eigenvalue weighted by molar-refractivity contribution is 5.79. The first kappa shape index (κ1) is 11.9. The van der Waals surface area contributed by atoms with Crippen molar-refractivity contribution in [1.29, 1.82) is 0 Å². The maximum Gasteiger partial charge on any atom is 0.231 e. The van der Waals surface area contributed by atoms with Gasteiger partial charge < -0.3 is 17.2 Å². The van der Waals surface area contributed by atoms with Crippen molar-refractivity contribution in [2.45, 2.75) is 6.42 Å². The van der Waals surface area contributed by atoms with Crippen molar-refractivity contribution in [3.8, 4) is 0 Å². The first-order valence-electron chi connectivity index (χ1n) is 4.05. The third-order valence-electron chi connectivity index (χ3n) is 1.44. The molecule has 0 aliphatic carbocycles. The maximum atomic E-state index is 10.6. The molecule has 6 heteroatoms. The minimum absolute atomic E-state index is 0.0446. The van der Waals surface area contributed by atoms with Crippen LogP contribution in [-0.4, -0.2) is 42.9 Å². The summed E-state index contributed by atoms with van der Waals surface area (Å²) in [4.78, 5) is 22.7. The molecule has 0 bridgehead atoms. The molecule has 0 aromatic rings. The third kappa shape index (κ3) is 7.23. The molecule has 0 saturated heterocycles. The molecule has 0 rings (SSSR count). The van der Waals surface area contributed by atoms with Crippen molar-refractivity contribution in [3.63, 3.8) is 0 Å². The quantitative estimate of drug-likeness (QED) is 0.413. The average molecular weight is 188 g/mol. The Morgan fingerprint density at radius 2 is 1.54 bits per heavy atom. The molecule has 0 aromatic carbocycles. The Hall–Kier alpha value is -1.14. The van der Waals surface area contributed by atoms with Crippen LogP contribution in [0, 0.1) is 0 Å². The second kappa shape index (κ2) is 6.38. The summed E-state index contributed by atoms with van der Waals surface area (Å²) in [7, 11) is 0. The number of carbonyl (C=O) groups excluding carboxylic acids is 2. The highest BCUT2D eigenvalue weighted by Gasteiger charge is 2.09. The SMILES string of the molecule is NCCCN(CC(N)=O)CC(N)=O. The van der Waals surface area contributed by atoms with Crippen LogP contribution in [0.3, 0.4) is 0 Å². The first-order valence-corrected chi connectivity index (χ1v) is 4.05. The molecule has 0 saturated carbocycles. The van der Waals surface area contributed by atoms with Crippen LogP contribution in [0.4, 0.5) is 0 Å². The van der Waals surface area contributed by atoms with E-state index in [0.29, 0.717) is 19.5 Å². The van der Waals surface area contributed by atoms with E-state index in [0.717, 1.165) is 0 Å². The molecular formula is C7H16N4O2. The summed E-state index contributed by atoms with van der Waals surface area (Å²) < 4.78 is 0. The van der Waals surface area contributed by atoms with Crippen LogP contribution in [0.1, 0.15) is 6.42 Å². The van der Waals surface area contributed by atoms with Gasteiger partial charge in [-0.1, -0.05) is 0 Å². The van der Waals surface area contributed by atoms with Crippen LogP contribution in [0.2, 0.25) is 0 Å². The van der Waals surface area contributed by atoms with E-state index in [4.69, 9.17) is 17.2 Å². The fourth-order valence-corrected chi connectivity index (χ4v) is 0.970. The number of hydrogen-bond acceptors (Lipinski definition) is 4. The van der Waals surface area contributed by atoms with Gasteiger partial charge in [0, 0.05) is 6.54 Å². The summed E-state index contributed by atoms with van der Waals surface area (Å²) in [5, 5.41) is 0. The van der Waals surface area contributed by atoms with Gasteiger partial charge in [-0.2, -0.15) is 0 Å². The molecule has 6 nitrogen and oxygen atoms in total. The molecule has 0 atom stereocenters. The Balaban J connectivity index is 3.87. The molecular weight excluding hydrogens is 172 g/mol. The Morgan fingerprint density at radius 3 is 1.85 bits per heavy atom. The molecule has 0 aliphatic rings. The van der Waals surface area contributed by atoms with Crippen molar-refractivity contribution in [3.05, 3.63) is 0 Å². The van der Waals surface area contributed by atoms with Crippen LogP contribution < -0.4 is 17.2 Å². The van der Waals surface area contributed by atoms with Gasteiger partial charge in [-0.15, -0.1) is 0 Å². The van der Waals surface area contributed by atoms with E-state index in [1.807, 2.05) is 0 Å². The lowest BCUT2D eigenvalue weighted by atomic mass is 10.3. The van der Waals surface area contributed by atoms with Gasteiger partial charge >= 0.3 is 0 Å². The predicted molar refractivity (Wildman–Crippen MR) is 48.5 cm³/mol. The van der Waals surface area contributed by atoms with Gasteiger partial charge in [0.25, 0.3) is 0 Å². The Bertz CT molecular complexity index is 167. The van der Waals surface area contributed by atoms with Crippen molar-refractivity contribution in [2.24, 2.45) is 17.2 Å². The molecule has 0 unspecified atom stereocenters. The van der Waals surface area contributed by atoms with E-state index >= 15 is 0 Å². The van der Waals surface area contributed by atoms with Gasteiger partial charge in [0.15, 0.2) is 0 Å². The summed E-state index contributed by atoms with van der Waals surface area (Å²) in [6, 6.07) is 0. The van der Waals surface area contributed by atoms with Crippen molar-refractivity contribution in [2.75, 3.05) is 26.2 Å². The standard InChI is InChI=1S/C7H16N4O2/c8-2-1-3-11(4-6(9)12)5-7(10)13/h1-5,8H2,(H2,9,12)(H2,10,13). The second-order valence-corrected chi connectivity index (χ2v) is 2.79. The Kier molecular flexibility index (Phi) is 5.82. The maximum absolute atomic E-state index is 10.6. The number of primary amides is 2. The zero-order chi connectivity index (χ0) is 10.3. The largest absolute Gasteiger partial charge is 0.369 e. The summed E-state index contributed by atoms with van der Waals surface area (Å²) in [5.41, 5.74) is 15.2. The molecule has 0 heterocycles. The molecule has 76 valence electrons. The van der Waals surface area contributed by atoms with Crippen molar-refractivity contribution in [1.82, 2.24) is 4.90 Å². The van der Waals surface area contributed by atoms with Crippen LogP contribution in [0.15, 0.2) is 0 Å². The van der Waals surface area contributed by atoms with Crippen LogP contribution in [0.25, 0.3) is 0 Å². The monoisotopic (exact) mass is 188 g/mol. The van der Waals surface area contributed by atoms with Gasteiger partial charge in [0.05, 0.1) is 13.1 Å². The molecule has 0 aromatic heterocycles. The normalized spacial score (nSPS) is 10.3. The first-order chi connectivity index (χ1) is 6.06. The van der Waals surface area contributed by atoms with E-state index < -0.39 is 11.8 Å². The number of amides is 2. The fraction of sp³-hybridized carbons (Fsp3) is 0.714. The van der Waals surface area contributed by atoms with Gasteiger partial charge in [0.1, 0.15) is 0 Å². The smallest absolute Gasteiger partial charge is 0.231 e. The third-order valence-corrected chi connectivity index (χ3v) is 1.44. The number of nitrogens with two attached hydrogens (primary N) is 3. The summed E-state index contributed by atoms with van der Waals surface area (Å²) in [6.07, 6.45) is 0.709. The number of rotatable bonds is 7. The Labute approximate surface area is 77.0 Å². The van der Waals surface area contributed by atoms with Gasteiger partial charge in [-0.05, 0) is 13.0 Å². The number of carbonyl (C=O) groups is 2. The summed E-state index contributed by atoms with van der Waals surface area (Å²) >= 11 is 0. The van der Waals surface area contributed by atoms with Crippen molar-refractivity contribution < 1.29 is 9.59 Å². The fourth-order valence-electron chi connectivity index (χ4n) is 0.970. The Morgan fingerprint density at radius 1 is 1.08 bits per heavy atom. The van der Waals surface area contributed by atoms with Crippen LogP contribution in [0.5, 0.6) is 0 Å². The molecule has 0 fully saturated rings. The van der Waals surface area contributed by atoms with E-state index in [2.05, 4.69) is 0 Å². The lowest BCUT2D eigenvalue weighted by molar-refractivity contribution is -0.121. The molecule has 2 amide bonds. The van der Waals surface area contributed by atoms with E-state index in [1.54, 1.807) is 4.90 Å². The minimum atomic E-state index is -0.474. The molecule has 0 radical (unpaired) electrons. The highest BCUT2D eigenvalue weighted by atomic mass is 16.2. The predicted octanol–water partition coefficient (Wildman–Crippen LogP) is -2.39. The average Bonchev–Trinajstić information content (AvgIpc) is 1.98. The van der Waals surface area contributed by atoms with E-state index in [1.165, 1.54) is 0 Å². The lowest BCUT2D eigenvalue weighted by Crippen LogP contribution is -2.40. The zero-order valence-electron chi connectivity index (χ0n) is 7.53. The van der Waals surface area contributed by atoms with Gasteiger partial charge in [0.2, 0.25) is 11.8 Å². The van der Waals surface area contributed by atoms with E-state index in [9.17, 15) is 9.59 Å². The van der Waals surface area contributed by atoms with Crippen LogP contribution in [-0.2, 0) is 9.59 Å². The minimum Gasteiger partial charge on any atom is -0.369 e. The number of hydrogen-bond donors (Lipinski definition) is 3. The molecule has 13 heavy (non-hydrogen) atoms. The van der Waals surface area contributed by atoms with Gasteiger partial charge in [-0.3, -0.25) is 14.5 Å².